The van der Waals surface area contributed by atoms with Gasteiger partial charge < -0.3 is 9.64 Å². The molecule has 23 heavy (non-hydrogen) atoms. The van der Waals surface area contributed by atoms with Gasteiger partial charge in [-0.2, -0.15) is 9.40 Å². The first-order chi connectivity index (χ1) is 11.1. The number of sulfonamides is 1. The molecule has 0 amide bonds. The zero-order valence-corrected chi connectivity index (χ0v) is 14.7. The Hall–Kier alpha value is -0.960. The van der Waals surface area contributed by atoms with E-state index in [9.17, 15) is 8.42 Å². The van der Waals surface area contributed by atoms with Gasteiger partial charge in [0.2, 0.25) is 0 Å². The molecular formula is C15H26N4O3S. The summed E-state index contributed by atoms with van der Waals surface area (Å²) in [4.78, 5) is 2.36. The van der Waals surface area contributed by atoms with Crippen molar-refractivity contribution in [2.75, 3.05) is 33.3 Å². The summed E-state index contributed by atoms with van der Waals surface area (Å²) < 4.78 is 34.9. The number of hydrogen-bond donors (Lipinski definition) is 0. The van der Waals surface area contributed by atoms with Crippen LogP contribution in [0.1, 0.15) is 26.2 Å². The Kier molecular flexibility index (Phi) is 5.05. The standard InChI is InChI=1S/C15H26N4O3S/c1-3-18-15(6-7-16-18)23(20,21)19-12-14(22-2)10-13(19)11-17-8-4-5-9-17/h6-7,13-14H,3-5,8-12H2,1-2H3/t13-,14-/m0/s1. The molecule has 0 radical (unpaired) electrons. The quantitative estimate of drug-likeness (QED) is 0.764. The Bertz CT molecular complexity index is 624. The SMILES string of the molecule is CCn1nccc1S(=O)(=O)N1C[C@@H](OC)C[C@H]1CN1CCCC1. The zero-order valence-electron chi connectivity index (χ0n) is 13.9. The fraction of sp³-hybridized carbons (Fsp3) is 0.800. The monoisotopic (exact) mass is 342 g/mol. The smallest absolute Gasteiger partial charge is 0.260 e. The third-order valence-electron chi connectivity index (χ3n) is 4.88. The van der Waals surface area contributed by atoms with Crippen molar-refractivity contribution in [1.29, 1.82) is 0 Å². The maximum absolute atomic E-state index is 13.1. The summed E-state index contributed by atoms with van der Waals surface area (Å²) in [5.74, 6) is 0. The highest BCUT2D eigenvalue weighted by Crippen LogP contribution is 2.28. The summed E-state index contributed by atoms with van der Waals surface area (Å²) in [5.41, 5.74) is 0. The molecule has 0 aromatic carbocycles. The molecule has 1 aromatic heterocycles. The number of aromatic nitrogens is 2. The zero-order chi connectivity index (χ0) is 16.4. The number of methoxy groups -OCH3 is 1. The predicted octanol–water partition coefficient (Wildman–Crippen LogP) is 0.777. The van der Waals surface area contributed by atoms with Crippen LogP contribution in [0.4, 0.5) is 0 Å². The van der Waals surface area contributed by atoms with Crippen molar-refractivity contribution in [3.63, 3.8) is 0 Å². The lowest BCUT2D eigenvalue weighted by Crippen LogP contribution is -2.43. The van der Waals surface area contributed by atoms with Gasteiger partial charge in [-0.05, 0) is 45.3 Å². The fourth-order valence-corrected chi connectivity index (χ4v) is 5.46. The summed E-state index contributed by atoms with van der Waals surface area (Å²) >= 11 is 0. The normalized spacial score (nSPS) is 27.0. The summed E-state index contributed by atoms with van der Waals surface area (Å²) in [6.45, 7) is 5.78. The molecule has 3 heterocycles. The van der Waals surface area contributed by atoms with E-state index in [0.717, 1.165) is 26.1 Å². The highest BCUT2D eigenvalue weighted by molar-refractivity contribution is 7.89. The average molecular weight is 342 g/mol. The van der Waals surface area contributed by atoms with E-state index >= 15 is 0 Å². The number of hydrogen-bond acceptors (Lipinski definition) is 5. The van der Waals surface area contributed by atoms with Gasteiger partial charge in [0.25, 0.3) is 10.0 Å². The third kappa shape index (κ3) is 3.31. The molecular weight excluding hydrogens is 316 g/mol. The van der Waals surface area contributed by atoms with Gasteiger partial charge in [-0.3, -0.25) is 4.68 Å². The summed E-state index contributed by atoms with van der Waals surface area (Å²) in [5, 5.41) is 4.39. The first-order valence-corrected chi connectivity index (χ1v) is 9.79. The van der Waals surface area contributed by atoms with Crippen LogP contribution >= 0.6 is 0 Å². The topological polar surface area (TPSA) is 67.7 Å². The summed E-state index contributed by atoms with van der Waals surface area (Å²) in [7, 11) is -1.89. The van der Waals surface area contributed by atoms with E-state index < -0.39 is 10.0 Å². The molecule has 2 aliphatic rings. The van der Waals surface area contributed by atoms with Crippen molar-refractivity contribution >= 4 is 10.0 Å². The van der Waals surface area contributed by atoms with Crippen LogP contribution in [0.25, 0.3) is 0 Å². The number of nitrogens with zero attached hydrogens (tertiary/aromatic N) is 4. The number of aryl methyl sites for hydroxylation is 1. The molecule has 1 aromatic rings. The van der Waals surface area contributed by atoms with Crippen LogP contribution < -0.4 is 0 Å². The molecule has 2 saturated heterocycles. The molecule has 2 aliphatic heterocycles. The van der Waals surface area contributed by atoms with Crippen LogP contribution in [0.5, 0.6) is 0 Å². The van der Waals surface area contributed by atoms with Gasteiger partial charge >= 0.3 is 0 Å². The highest BCUT2D eigenvalue weighted by atomic mass is 32.2. The molecule has 0 saturated carbocycles. The number of likely N-dealkylation sites (tertiary alicyclic amines) is 1. The first-order valence-electron chi connectivity index (χ1n) is 8.35. The second kappa shape index (κ2) is 6.88. The molecule has 0 aliphatic carbocycles. The van der Waals surface area contributed by atoms with Crippen molar-refractivity contribution in [3.05, 3.63) is 12.3 Å². The van der Waals surface area contributed by atoms with Gasteiger partial charge in [-0.25, -0.2) is 8.42 Å². The van der Waals surface area contributed by atoms with Crippen molar-refractivity contribution in [2.24, 2.45) is 0 Å². The largest absolute Gasteiger partial charge is 0.380 e. The molecule has 2 fully saturated rings. The van der Waals surface area contributed by atoms with Crippen LogP contribution in [-0.4, -0.2) is 72.8 Å². The van der Waals surface area contributed by atoms with Crippen molar-refractivity contribution in [2.45, 2.75) is 49.9 Å². The summed E-state index contributed by atoms with van der Waals surface area (Å²) in [6, 6.07) is 1.56. The Morgan fingerprint density at radius 3 is 2.74 bits per heavy atom. The van der Waals surface area contributed by atoms with Crippen molar-refractivity contribution in [3.8, 4) is 0 Å². The van der Waals surface area contributed by atoms with E-state index in [1.807, 2.05) is 6.92 Å². The minimum atomic E-state index is -3.54. The minimum Gasteiger partial charge on any atom is -0.380 e. The van der Waals surface area contributed by atoms with E-state index in [0.29, 0.717) is 13.1 Å². The molecule has 8 heteroatoms. The molecule has 0 bridgehead atoms. The van der Waals surface area contributed by atoms with Gasteiger partial charge in [0.15, 0.2) is 5.03 Å². The lowest BCUT2D eigenvalue weighted by atomic mass is 10.2. The van der Waals surface area contributed by atoms with Crippen molar-refractivity contribution in [1.82, 2.24) is 19.0 Å². The van der Waals surface area contributed by atoms with Crippen LogP contribution in [0.15, 0.2) is 17.3 Å². The van der Waals surface area contributed by atoms with E-state index in [1.165, 1.54) is 12.8 Å². The molecule has 0 N–H and O–H groups in total. The Morgan fingerprint density at radius 2 is 2.09 bits per heavy atom. The minimum absolute atomic E-state index is 0.0248. The molecule has 0 unspecified atom stereocenters. The maximum atomic E-state index is 13.1. The summed E-state index contributed by atoms with van der Waals surface area (Å²) in [6.07, 6.45) is 4.68. The van der Waals surface area contributed by atoms with Gasteiger partial charge in [0.05, 0.1) is 12.3 Å². The van der Waals surface area contributed by atoms with Crippen LogP contribution in [0, 0.1) is 0 Å². The number of ether oxygens (including phenoxy) is 1. The van der Waals surface area contributed by atoms with Crippen LogP contribution in [0.3, 0.4) is 0 Å². The Balaban J connectivity index is 1.84. The molecule has 0 spiro atoms. The highest BCUT2D eigenvalue weighted by Gasteiger charge is 2.42. The van der Waals surface area contributed by atoms with Gasteiger partial charge in [0, 0.05) is 32.8 Å². The van der Waals surface area contributed by atoms with Gasteiger partial charge in [-0.1, -0.05) is 0 Å². The lowest BCUT2D eigenvalue weighted by molar-refractivity contribution is 0.113. The molecule has 7 nitrogen and oxygen atoms in total. The first kappa shape index (κ1) is 16.9. The molecule has 2 atom stereocenters. The van der Waals surface area contributed by atoms with E-state index in [-0.39, 0.29) is 17.2 Å². The fourth-order valence-electron chi connectivity index (χ4n) is 3.64. The van der Waals surface area contributed by atoms with E-state index in [4.69, 9.17) is 4.74 Å². The third-order valence-corrected chi connectivity index (χ3v) is 6.82. The van der Waals surface area contributed by atoms with E-state index in [2.05, 4.69) is 10.00 Å². The van der Waals surface area contributed by atoms with Gasteiger partial charge in [-0.15, -0.1) is 0 Å². The second-order valence-corrected chi connectivity index (χ2v) is 8.15. The maximum Gasteiger partial charge on any atom is 0.260 e. The van der Waals surface area contributed by atoms with E-state index in [1.54, 1.807) is 28.4 Å². The molecule has 3 rings (SSSR count). The van der Waals surface area contributed by atoms with Gasteiger partial charge in [0.1, 0.15) is 0 Å². The number of rotatable bonds is 6. The van der Waals surface area contributed by atoms with Crippen LogP contribution in [-0.2, 0) is 21.3 Å². The predicted molar refractivity (Wildman–Crippen MR) is 86.7 cm³/mol. The van der Waals surface area contributed by atoms with Crippen molar-refractivity contribution < 1.29 is 13.2 Å². The second-order valence-electron chi connectivity index (χ2n) is 6.31. The molecule has 130 valence electrons. The Labute approximate surface area is 138 Å². The van der Waals surface area contributed by atoms with Crippen LogP contribution in [0.2, 0.25) is 0 Å². The Morgan fingerprint density at radius 1 is 1.35 bits per heavy atom. The lowest BCUT2D eigenvalue weighted by Gasteiger charge is -2.27. The average Bonchev–Trinajstić information content (AvgIpc) is 3.27.